The maximum Gasteiger partial charge on any atom is 0.410 e. The Hall–Kier alpha value is -1.80. The molecule has 0 aromatic carbocycles. The van der Waals surface area contributed by atoms with Crippen LogP contribution in [0.4, 0.5) is 16.3 Å². The molecule has 0 saturated carbocycles. The second-order valence-electron chi connectivity index (χ2n) is 7.23. The second-order valence-corrected chi connectivity index (χ2v) is 7.62. The lowest BCUT2D eigenvalue weighted by molar-refractivity contribution is 0.0208. The molecule has 1 aromatic rings. The van der Waals surface area contributed by atoms with Gasteiger partial charge in [-0.3, -0.25) is 0 Å². The molecule has 1 aromatic heterocycles. The first-order valence-corrected chi connectivity index (χ1v) is 8.80. The maximum absolute atomic E-state index is 12.2. The van der Waals surface area contributed by atoms with Crippen molar-refractivity contribution < 1.29 is 14.3 Å². The van der Waals surface area contributed by atoms with Crippen LogP contribution >= 0.6 is 11.6 Å². The molecule has 8 nitrogen and oxygen atoms in total. The van der Waals surface area contributed by atoms with Crippen LogP contribution in [-0.2, 0) is 9.47 Å². The number of ether oxygens (including phenoxy) is 2. The van der Waals surface area contributed by atoms with Crippen molar-refractivity contribution in [3.05, 3.63) is 11.2 Å². The van der Waals surface area contributed by atoms with Crippen LogP contribution in [0.15, 0.2) is 6.07 Å². The first-order chi connectivity index (χ1) is 11.8. The van der Waals surface area contributed by atoms with Gasteiger partial charge in [-0.05, 0) is 20.8 Å². The number of halogens is 1. The standard InChI is InChI=1S/C16H24ClN5O3/c1-16(2,3)25-15(23)22-6-4-21(5-7-22)12-8-13(17)19-20-14(12)18-11-9-24-10-11/h8,11H,4-7,9-10H2,1-3H3,(H,18,20). The normalized spacial score (nSPS) is 18.7. The highest BCUT2D eigenvalue weighted by atomic mass is 35.5. The molecule has 3 heterocycles. The summed E-state index contributed by atoms with van der Waals surface area (Å²) in [4.78, 5) is 16.1. The van der Waals surface area contributed by atoms with Gasteiger partial charge in [-0.25, -0.2) is 4.79 Å². The lowest BCUT2D eigenvalue weighted by Crippen LogP contribution is -2.50. The molecule has 2 saturated heterocycles. The molecule has 2 aliphatic rings. The van der Waals surface area contributed by atoms with Gasteiger partial charge in [-0.2, -0.15) is 0 Å². The van der Waals surface area contributed by atoms with E-state index in [-0.39, 0.29) is 12.1 Å². The Bertz CT molecular complexity index is 625. The third-order valence-corrected chi connectivity index (χ3v) is 4.18. The van der Waals surface area contributed by atoms with E-state index in [2.05, 4.69) is 20.4 Å². The van der Waals surface area contributed by atoms with Crippen LogP contribution < -0.4 is 10.2 Å². The Labute approximate surface area is 152 Å². The number of hydrogen-bond donors (Lipinski definition) is 1. The number of hydrogen-bond acceptors (Lipinski definition) is 7. The van der Waals surface area contributed by atoms with Crippen LogP contribution in [0.1, 0.15) is 20.8 Å². The molecular weight excluding hydrogens is 346 g/mol. The van der Waals surface area contributed by atoms with E-state index in [4.69, 9.17) is 21.1 Å². The number of nitrogens with one attached hydrogen (secondary N) is 1. The number of piperazine rings is 1. The smallest absolute Gasteiger partial charge is 0.410 e. The van der Waals surface area contributed by atoms with Crippen LogP contribution in [0, 0.1) is 0 Å². The topological polar surface area (TPSA) is 79.8 Å². The Morgan fingerprint density at radius 1 is 1.28 bits per heavy atom. The molecule has 9 heteroatoms. The minimum Gasteiger partial charge on any atom is -0.444 e. The third-order valence-electron chi connectivity index (χ3n) is 3.99. The predicted octanol–water partition coefficient (Wildman–Crippen LogP) is 2.00. The van der Waals surface area contributed by atoms with Crippen LogP contribution in [0.25, 0.3) is 0 Å². The minimum absolute atomic E-state index is 0.247. The van der Waals surface area contributed by atoms with Gasteiger partial charge in [0.1, 0.15) is 5.60 Å². The fraction of sp³-hybridized carbons (Fsp3) is 0.688. The highest BCUT2D eigenvalue weighted by molar-refractivity contribution is 6.29. The molecule has 2 aliphatic heterocycles. The molecule has 0 unspecified atom stereocenters. The monoisotopic (exact) mass is 369 g/mol. The summed E-state index contributed by atoms with van der Waals surface area (Å²) >= 11 is 6.03. The third kappa shape index (κ3) is 4.64. The Morgan fingerprint density at radius 2 is 1.96 bits per heavy atom. The van der Waals surface area contributed by atoms with Crippen molar-refractivity contribution in [1.29, 1.82) is 0 Å². The zero-order valence-electron chi connectivity index (χ0n) is 14.8. The Morgan fingerprint density at radius 3 is 2.52 bits per heavy atom. The molecule has 0 atom stereocenters. The number of aromatic nitrogens is 2. The summed E-state index contributed by atoms with van der Waals surface area (Å²) in [6.07, 6.45) is -0.275. The predicted molar refractivity (Wildman–Crippen MR) is 95.3 cm³/mol. The van der Waals surface area contributed by atoms with Gasteiger partial charge in [-0.15, -0.1) is 10.2 Å². The van der Waals surface area contributed by atoms with Gasteiger partial charge in [0.05, 0.1) is 24.9 Å². The zero-order chi connectivity index (χ0) is 18.0. The average Bonchev–Trinajstić information content (AvgIpc) is 2.50. The van der Waals surface area contributed by atoms with Gasteiger partial charge in [0.25, 0.3) is 0 Å². The number of carbonyl (C=O) groups is 1. The molecule has 2 fully saturated rings. The summed E-state index contributed by atoms with van der Waals surface area (Å²) in [5.74, 6) is 0.698. The quantitative estimate of drug-likeness (QED) is 0.872. The summed E-state index contributed by atoms with van der Waals surface area (Å²) in [5.41, 5.74) is 0.411. The van der Waals surface area contributed by atoms with E-state index in [1.807, 2.05) is 20.8 Å². The van der Waals surface area contributed by atoms with E-state index in [1.54, 1.807) is 11.0 Å². The maximum atomic E-state index is 12.2. The summed E-state index contributed by atoms with van der Waals surface area (Å²) in [7, 11) is 0. The van der Waals surface area contributed by atoms with Gasteiger partial charge >= 0.3 is 6.09 Å². The van der Waals surface area contributed by atoms with Gasteiger partial charge in [-0.1, -0.05) is 11.6 Å². The van der Waals surface area contributed by atoms with Crippen molar-refractivity contribution in [2.24, 2.45) is 0 Å². The second kappa shape index (κ2) is 7.21. The molecule has 0 bridgehead atoms. The van der Waals surface area contributed by atoms with Gasteiger partial charge in [0.15, 0.2) is 11.0 Å². The van der Waals surface area contributed by atoms with Crippen molar-refractivity contribution in [2.75, 3.05) is 49.6 Å². The number of carbonyl (C=O) groups excluding carboxylic acids is 1. The highest BCUT2D eigenvalue weighted by Gasteiger charge is 2.28. The van der Waals surface area contributed by atoms with Gasteiger partial charge < -0.3 is 24.6 Å². The van der Waals surface area contributed by atoms with E-state index in [1.165, 1.54) is 0 Å². The summed E-state index contributed by atoms with van der Waals surface area (Å²) in [6.45, 7) is 9.46. The fourth-order valence-corrected chi connectivity index (χ4v) is 2.81. The van der Waals surface area contributed by atoms with E-state index in [0.717, 1.165) is 5.69 Å². The fourth-order valence-electron chi connectivity index (χ4n) is 2.67. The first kappa shape index (κ1) is 18.0. The molecule has 3 rings (SSSR count). The zero-order valence-corrected chi connectivity index (χ0v) is 15.5. The van der Waals surface area contributed by atoms with Crippen molar-refractivity contribution in [1.82, 2.24) is 15.1 Å². The van der Waals surface area contributed by atoms with Crippen LogP contribution in [0.5, 0.6) is 0 Å². The SMILES string of the molecule is CC(C)(C)OC(=O)N1CCN(c2cc(Cl)nnc2NC2COC2)CC1. The number of anilines is 2. The first-order valence-electron chi connectivity index (χ1n) is 8.42. The van der Waals surface area contributed by atoms with Crippen molar-refractivity contribution in [3.8, 4) is 0 Å². The molecule has 0 aliphatic carbocycles. The summed E-state index contributed by atoms with van der Waals surface area (Å²) in [6, 6.07) is 2.05. The van der Waals surface area contributed by atoms with E-state index < -0.39 is 5.60 Å². The van der Waals surface area contributed by atoms with E-state index in [9.17, 15) is 4.79 Å². The summed E-state index contributed by atoms with van der Waals surface area (Å²) in [5, 5.41) is 11.8. The molecule has 0 spiro atoms. The largest absolute Gasteiger partial charge is 0.444 e. The average molecular weight is 370 g/mol. The minimum atomic E-state index is -0.487. The lowest BCUT2D eigenvalue weighted by atomic mass is 10.2. The van der Waals surface area contributed by atoms with Crippen molar-refractivity contribution in [2.45, 2.75) is 32.4 Å². The molecular formula is C16H24ClN5O3. The number of rotatable bonds is 3. The van der Waals surface area contributed by atoms with Gasteiger partial charge in [0, 0.05) is 32.2 Å². The highest BCUT2D eigenvalue weighted by Crippen LogP contribution is 2.28. The number of amides is 1. The molecule has 138 valence electrons. The molecule has 0 radical (unpaired) electrons. The number of nitrogens with zero attached hydrogens (tertiary/aromatic N) is 4. The van der Waals surface area contributed by atoms with Crippen molar-refractivity contribution in [3.63, 3.8) is 0 Å². The van der Waals surface area contributed by atoms with E-state index in [0.29, 0.717) is 50.4 Å². The Balaban J connectivity index is 1.64. The summed E-state index contributed by atoms with van der Waals surface area (Å²) < 4.78 is 10.6. The lowest BCUT2D eigenvalue weighted by Gasteiger charge is -2.37. The van der Waals surface area contributed by atoms with E-state index >= 15 is 0 Å². The van der Waals surface area contributed by atoms with Crippen molar-refractivity contribution >= 4 is 29.2 Å². The van der Waals surface area contributed by atoms with Crippen LogP contribution in [0.2, 0.25) is 5.15 Å². The van der Waals surface area contributed by atoms with Crippen LogP contribution in [-0.4, -0.2) is 72.2 Å². The Kier molecular flexibility index (Phi) is 5.19. The van der Waals surface area contributed by atoms with Crippen LogP contribution in [0.3, 0.4) is 0 Å². The molecule has 1 N–H and O–H groups in total. The molecule has 1 amide bonds. The molecule has 25 heavy (non-hydrogen) atoms. The van der Waals surface area contributed by atoms with Gasteiger partial charge in [0.2, 0.25) is 0 Å².